The smallest absolute Gasteiger partial charge is 0.396 e. The van der Waals surface area contributed by atoms with Gasteiger partial charge in [0.15, 0.2) is 10.9 Å². The van der Waals surface area contributed by atoms with Crippen molar-refractivity contribution in [3.63, 3.8) is 0 Å². The first-order valence-electron chi connectivity index (χ1n) is 5.91. The average Bonchev–Trinajstić information content (AvgIpc) is 2.96. The summed E-state index contributed by atoms with van der Waals surface area (Å²) in [6.45, 7) is 4.04. The standard InChI is InChI=1S/C11H14IN2O4PS/c1-3-16-19(15,17-4-2)8-6-5-7(18-8)9-10(12)20-11(13)14-9/h5-6H,3-4H2,1-2H3,(H2,13,14). The van der Waals surface area contributed by atoms with Gasteiger partial charge in [-0.3, -0.25) is 4.57 Å². The lowest BCUT2D eigenvalue weighted by molar-refractivity contribution is 0.225. The molecule has 110 valence electrons. The van der Waals surface area contributed by atoms with E-state index in [2.05, 4.69) is 27.6 Å². The monoisotopic (exact) mass is 428 g/mol. The zero-order valence-electron chi connectivity index (χ0n) is 11.0. The minimum atomic E-state index is -3.40. The molecule has 2 aromatic heterocycles. The molecule has 0 unspecified atom stereocenters. The van der Waals surface area contributed by atoms with Gasteiger partial charge in [0.2, 0.25) is 5.50 Å². The zero-order chi connectivity index (χ0) is 14.8. The lowest BCUT2D eigenvalue weighted by Gasteiger charge is -2.13. The SMILES string of the molecule is CCOP(=O)(OCC)c1ccc(-c2nc(N)sc2I)o1. The maximum Gasteiger partial charge on any atom is 0.396 e. The molecule has 0 fully saturated rings. The van der Waals surface area contributed by atoms with Crippen LogP contribution in [0.15, 0.2) is 16.5 Å². The van der Waals surface area contributed by atoms with Crippen molar-refractivity contribution in [2.24, 2.45) is 0 Å². The molecule has 0 radical (unpaired) electrons. The fourth-order valence-electron chi connectivity index (χ4n) is 1.58. The van der Waals surface area contributed by atoms with Gasteiger partial charge in [-0.1, -0.05) is 11.3 Å². The van der Waals surface area contributed by atoms with E-state index in [1.165, 1.54) is 11.3 Å². The first-order valence-corrected chi connectivity index (χ1v) is 9.35. The van der Waals surface area contributed by atoms with Crippen LogP contribution >= 0.6 is 41.5 Å². The summed E-state index contributed by atoms with van der Waals surface area (Å²) in [5, 5.41) is 0.458. The third kappa shape index (κ3) is 3.25. The molecule has 0 aliphatic heterocycles. The third-order valence-corrected chi connectivity index (χ3v) is 6.12. The van der Waals surface area contributed by atoms with E-state index in [0.29, 0.717) is 16.6 Å². The third-order valence-electron chi connectivity index (χ3n) is 2.30. The Balaban J connectivity index is 2.37. The number of furan rings is 1. The Labute approximate surface area is 134 Å². The number of aromatic nitrogens is 1. The van der Waals surface area contributed by atoms with Crippen molar-refractivity contribution < 1.29 is 18.0 Å². The van der Waals surface area contributed by atoms with Crippen molar-refractivity contribution in [1.29, 1.82) is 0 Å². The number of halogens is 1. The van der Waals surface area contributed by atoms with Gasteiger partial charge in [0.05, 0.1) is 16.1 Å². The molecule has 0 bridgehead atoms. The molecule has 2 aromatic rings. The van der Waals surface area contributed by atoms with Crippen LogP contribution < -0.4 is 11.2 Å². The highest BCUT2D eigenvalue weighted by Gasteiger charge is 2.31. The van der Waals surface area contributed by atoms with Gasteiger partial charge < -0.3 is 19.2 Å². The van der Waals surface area contributed by atoms with Crippen LogP contribution in [0.3, 0.4) is 0 Å². The molecule has 0 aliphatic carbocycles. The van der Waals surface area contributed by atoms with Gasteiger partial charge in [0.25, 0.3) is 0 Å². The summed E-state index contributed by atoms with van der Waals surface area (Å²) in [5.74, 6) is 0.497. The Morgan fingerprint density at radius 2 is 2.05 bits per heavy atom. The Bertz CT molecular complexity index is 632. The Hall–Kier alpha value is -0.410. The second-order valence-corrected chi connectivity index (χ2v) is 8.44. The van der Waals surface area contributed by atoms with Gasteiger partial charge in [-0.05, 0) is 48.6 Å². The molecule has 0 saturated heterocycles. The molecule has 0 amide bonds. The van der Waals surface area contributed by atoms with Gasteiger partial charge in [0.1, 0.15) is 5.69 Å². The number of nitrogens with two attached hydrogens (primary N) is 1. The van der Waals surface area contributed by atoms with E-state index in [0.717, 1.165) is 2.88 Å². The molecule has 0 aromatic carbocycles. The van der Waals surface area contributed by atoms with E-state index in [9.17, 15) is 4.57 Å². The summed E-state index contributed by atoms with van der Waals surface area (Å²) in [5.41, 5.74) is 6.48. The van der Waals surface area contributed by atoms with E-state index in [-0.39, 0.29) is 18.7 Å². The molecule has 0 atom stereocenters. The molecule has 2 N–H and O–H groups in total. The number of thiazole rings is 1. The molecule has 20 heavy (non-hydrogen) atoms. The Kier molecular flexibility index (Phi) is 5.25. The molecule has 0 aliphatic rings. The van der Waals surface area contributed by atoms with Gasteiger partial charge in [-0.25, -0.2) is 4.98 Å². The van der Waals surface area contributed by atoms with E-state index in [4.69, 9.17) is 19.2 Å². The number of rotatable bonds is 6. The molecular weight excluding hydrogens is 414 g/mol. The number of hydrogen-bond donors (Lipinski definition) is 1. The van der Waals surface area contributed by atoms with E-state index in [1.807, 2.05) is 0 Å². The fourth-order valence-corrected chi connectivity index (χ4v) is 4.68. The second kappa shape index (κ2) is 6.57. The number of nitrogens with zero attached hydrogens (tertiary/aromatic N) is 1. The van der Waals surface area contributed by atoms with Crippen LogP contribution in [0, 0.1) is 2.88 Å². The van der Waals surface area contributed by atoms with E-state index >= 15 is 0 Å². The minimum absolute atomic E-state index is 0.179. The van der Waals surface area contributed by atoms with Crippen molar-refractivity contribution in [2.45, 2.75) is 13.8 Å². The quantitative estimate of drug-likeness (QED) is 0.560. The summed E-state index contributed by atoms with van der Waals surface area (Å²) in [7, 11) is -3.40. The van der Waals surface area contributed by atoms with Gasteiger partial charge >= 0.3 is 7.60 Å². The maximum atomic E-state index is 12.6. The summed E-state index contributed by atoms with van der Waals surface area (Å²) in [6.07, 6.45) is 0. The molecule has 0 saturated carbocycles. The first kappa shape index (κ1) is 16.0. The Morgan fingerprint density at radius 1 is 1.40 bits per heavy atom. The van der Waals surface area contributed by atoms with Gasteiger partial charge in [-0.15, -0.1) is 0 Å². The van der Waals surface area contributed by atoms with Crippen LogP contribution in [-0.4, -0.2) is 18.2 Å². The summed E-state index contributed by atoms with van der Waals surface area (Å²) >= 11 is 3.50. The van der Waals surface area contributed by atoms with Crippen LogP contribution in [0.5, 0.6) is 0 Å². The van der Waals surface area contributed by atoms with Crippen LogP contribution in [-0.2, 0) is 13.6 Å². The highest BCUT2D eigenvalue weighted by atomic mass is 127. The molecule has 2 heterocycles. The highest BCUT2D eigenvalue weighted by Crippen LogP contribution is 2.48. The normalized spacial score (nSPS) is 11.9. The lowest BCUT2D eigenvalue weighted by Crippen LogP contribution is -2.08. The molecule has 6 nitrogen and oxygen atoms in total. The number of nitrogen functional groups attached to an aromatic ring is 1. The van der Waals surface area contributed by atoms with E-state index in [1.54, 1.807) is 26.0 Å². The number of anilines is 1. The number of hydrogen-bond acceptors (Lipinski definition) is 7. The molecule has 0 spiro atoms. The minimum Gasteiger partial charge on any atom is -0.446 e. The average molecular weight is 428 g/mol. The van der Waals surface area contributed by atoms with Gasteiger partial charge in [-0.2, -0.15) is 0 Å². The maximum absolute atomic E-state index is 12.6. The van der Waals surface area contributed by atoms with Crippen LogP contribution in [0.4, 0.5) is 5.13 Å². The summed E-state index contributed by atoms with van der Waals surface area (Å²) in [4.78, 5) is 4.19. The molecule has 9 heteroatoms. The molecular formula is C11H14IN2O4PS. The van der Waals surface area contributed by atoms with Crippen LogP contribution in [0.25, 0.3) is 11.5 Å². The predicted octanol–water partition coefficient (Wildman–Crippen LogP) is 3.48. The van der Waals surface area contributed by atoms with Crippen LogP contribution in [0.1, 0.15) is 13.8 Å². The van der Waals surface area contributed by atoms with Crippen molar-refractivity contribution in [1.82, 2.24) is 4.98 Å². The van der Waals surface area contributed by atoms with Crippen molar-refractivity contribution in [2.75, 3.05) is 18.9 Å². The second-order valence-electron chi connectivity index (χ2n) is 3.65. The lowest BCUT2D eigenvalue weighted by atomic mass is 10.4. The van der Waals surface area contributed by atoms with Gasteiger partial charge in [0, 0.05) is 0 Å². The van der Waals surface area contributed by atoms with Crippen molar-refractivity contribution >= 4 is 52.2 Å². The summed E-state index contributed by atoms with van der Waals surface area (Å²) < 4.78 is 29.5. The summed E-state index contributed by atoms with van der Waals surface area (Å²) in [6, 6.07) is 3.28. The predicted molar refractivity (Wildman–Crippen MR) is 87.4 cm³/mol. The fraction of sp³-hybridized carbons (Fsp3) is 0.364. The van der Waals surface area contributed by atoms with Crippen molar-refractivity contribution in [3.05, 3.63) is 15.0 Å². The van der Waals surface area contributed by atoms with Crippen molar-refractivity contribution in [3.8, 4) is 11.5 Å². The Morgan fingerprint density at radius 3 is 2.55 bits per heavy atom. The van der Waals surface area contributed by atoms with Crippen LogP contribution in [0.2, 0.25) is 0 Å². The van der Waals surface area contributed by atoms with E-state index < -0.39 is 7.60 Å². The largest absolute Gasteiger partial charge is 0.446 e. The highest BCUT2D eigenvalue weighted by molar-refractivity contribution is 14.1. The molecule has 2 rings (SSSR count). The zero-order valence-corrected chi connectivity index (χ0v) is 14.8. The first-order chi connectivity index (χ1) is 9.50. The topological polar surface area (TPSA) is 87.6 Å².